The highest BCUT2D eigenvalue weighted by molar-refractivity contribution is 7.08. The lowest BCUT2D eigenvalue weighted by Crippen LogP contribution is -2.22. The molecule has 3 rings (SSSR count). The Morgan fingerprint density at radius 3 is 2.33 bits per heavy atom. The van der Waals surface area contributed by atoms with Gasteiger partial charge in [-0.3, -0.25) is 14.6 Å². The third kappa shape index (κ3) is 4.05. The van der Waals surface area contributed by atoms with Crippen molar-refractivity contribution in [3.63, 3.8) is 0 Å². The van der Waals surface area contributed by atoms with E-state index in [-0.39, 0.29) is 11.8 Å². The van der Waals surface area contributed by atoms with Gasteiger partial charge in [-0.1, -0.05) is 0 Å². The fourth-order valence-electron chi connectivity index (χ4n) is 2.09. The van der Waals surface area contributed by atoms with Crippen LogP contribution in [0.15, 0.2) is 65.6 Å². The zero-order valence-electron chi connectivity index (χ0n) is 12.7. The van der Waals surface area contributed by atoms with Gasteiger partial charge in [0.15, 0.2) is 0 Å². The molecule has 5 nitrogen and oxygen atoms in total. The number of hydrogen-bond donors (Lipinski definition) is 2. The lowest BCUT2D eigenvalue weighted by molar-refractivity contribution is 0.0950. The van der Waals surface area contributed by atoms with Crippen molar-refractivity contribution in [2.45, 2.75) is 6.54 Å². The molecule has 2 aromatic heterocycles. The molecule has 24 heavy (non-hydrogen) atoms. The standard InChI is InChI=1S/C18H15N3O2S/c22-17(20-11-13-5-8-19-9-6-13)14-1-3-16(4-2-14)21-18(23)15-7-10-24-12-15/h1-10,12H,11H2,(H,20,22)(H,21,23). The average Bonchev–Trinajstić information content (AvgIpc) is 3.16. The number of thiophene rings is 1. The van der Waals surface area contributed by atoms with Gasteiger partial charge in [-0.05, 0) is 53.4 Å². The number of rotatable bonds is 5. The summed E-state index contributed by atoms with van der Waals surface area (Å²) in [4.78, 5) is 28.0. The zero-order valence-corrected chi connectivity index (χ0v) is 13.5. The van der Waals surface area contributed by atoms with Gasteiger partial charge in [0.05, 0.1) is 5.56 Å². The van der Waals surface area contributed by atoms with Crippen molar-refractivity contribution in [3.8, 4) is 0 Å². The Balaban J connectivity index is 1.57. The van der Waals surface area contributed by atoms with Crippen molar-refractivity contribution in [1.29, 1.82) is 0 Å². The molecule has 0 radical (unpaired) electrons. The Hall–Kier alpha value is -2.99. The molecule has 0 fully saturated rings. The second-order valence-corrected chi connectivity index (χ2v) is 5.86. The first kappa shape index (κ1) is 15.9. The van der Waals surface area contributed by atoms with Gasteiger partial charge in [0, 0.05) is 35.6 Å². The van der Waals surface area contributed by atoms with Crippen molar-refractivity contribution >= 4 is 28.8 Å². The minimum Gasteiger partial charge on any atom is -0.348 e. The first-order chi connectivity index (χ1) is 11.7. The number of nitrogens with zero attached hydrogens (tertiary/aromatic N) is 1. The number of nitrogens with one attached hydrogen (secondary N) is 2. The second kappa shape index (κ2) is 7.52. The number of carbonyl (C=O) groups is 2. The Labute approximate surface area is 143 Å². The molecule has 6 heteroatoms. The second-order valence-electron chi connectivity index (χ2n) is 5.08. The van der Waals surface area contributed by atoms with E-state index in [0.29, 0.717) is 23.4 Å². The molecule has 0 aliphatic heterocycles. The summed E-state index contributed by atoms with van der Waals surface area (Å²) < 4.78 is 0. The molecular weight excluding hydrogens is 322 g/mol. The molecule has 2 N–H and O–H groups in total. The highest BCUT2D eigenvalue weighted by Crippen LogP contribution is 2.13. The van der Waals surface area contributed by atoms with Crippen LogP contribution in [0.25, 0.3) is 0 Å². The van der Waals surface area contributed by atoms with Crippen LogP contribution in [0.5, 0.6) is 0 Å². The van der Waals surface area contributed by atoms with E-state index in [1.54, 1.807) is 48.1 Å². The van der Waals surface area contributed by atoms with Crippen LogP contribution < -0.4 is 10.6 Å². The van der Waals surface area contributed by atoms with Crippen molar-refractivity contribution in [2.24, 2.45) is 0 Å². The Bertz CT molecular complexity index is 815. The molecule has 3 aromatic rings. The van der Waals surface area contributed by atoms with Crippen LogP contribution in [0.2, 0.25) is 0 Å². The first-order valence-electron chi connectivity index (χ1n) is 7.33. The van der Waals surface area contributed by atoms with Crippen LogP contribution in [0.3, 0.4) is 0 Å². The van der Waals surface area contributed by atoms with Gasteiger partial charge in [-0.2, -0.15) is 11.3 Å². The van der Waals surface area contributed by atoms with E-state index in [1.807, 2.05) is 17.5 Å². The Morgan fingerprint density at radius 2 is 1.67 bits per heavy atom. The maximum atomic E-state index is 12.1. The maximum absolute atomic E-state index is 12.1. The molecule has 120 valence electrons. The molecule has 0 aliphatic rings. The smallest absolute Gasteiger partial charge is 0.256 e. The Morgan fingerprint density at radius 1 is 0.917 bits per heavy atom. The quantitative estimate of drug-likeness (QED) is 0.750. The van der Waals surface area contributed by atoms with E-state index < -0.39 is 0 Å². The van der Waals surface area contributed by atoms with Crippen LogP contribution in [0.1, 0.15) is 26.3 Å². The number of carbonyl (C=O) groups excluding carboxylic acids is 2. The minimum atomic E-state index is -0.164. The number of anilines is 1. The summed E-state index contributed by atoms with van der Waals surface area (Å²) in [5, 5.41) is 9.28. The maximum Gasteiger partial charge on any atom is 0.256 e. The van der Waals surface area contributed by atoms with Gasteiger partial charge in [0.2, 0.25) is 0 Å². The predicted molar refractivity (Wildman–Crippen MR) is 94.1 cm³/mol. The monoisotopic (exact) mass is 337 g/mol. The molecule has 2 heterocycles. The largest absolute Gasteiger partial charge is 0.348 e. The molecule has 0 atom stereocenters. The van der Waals surface area contributed by atoms with Crippen molar-refractivity contribution in [2.75, 3.05) is 5.32 Å². The third-order valence-corrected chi connectivity index (χ3v) is 4.07. The van der Waals surface area contributed by atoms with E-state index in [0.717, 1.165) is 5.56 Å². The molecule has 0 unspecified atom stereocenters. The molecule has 0 aliphatic carbocycles. The van der Waals surface area contributed by atoms with Gasteiger partial charge in [0.25, 0.3) is 11.8 Å². The number of hydrogen-bond acceptors (Lipinski definition) is 4. The van der Waals surface area contributed by atoms with E-state index in [2.05, 4.69) is 15.6 Å². The van der Waals surface area contributed by atoms with Gasteiger partial charge >= 0.3 is 0 Å². The molecule has 1 aromatic carbocycles. The molecule has 0 bridgehead atoms. The van der Waals surface area contributed by atoms with E-state index in [4.69, 9.17) is 0 Å². The summed E-state index contributed by atoms with van der Waals surface area (Å²) in [5.74, 6) is -0.325. The Kier molecular flexibility index (Phi) is 4.98. The van der Waals surface area contributed by atoms with Gasteiger partial charge in [-0.25, -0.2) is 0 Å². The van der Waals surface area contributed by atoms with Gasteiger partial charge in [-0.15, -0.1) is 0 Å². The van der Waals surface area contributed by atoms with Crippen LogP contribution >= 0.6 is 11.3 Å². The van der Waals surface area contributed by atoms with E-state index in [9.17, 15) is 9.59 Å². The summed E-state index contributed by atoms with van der Waals surface area (Å²) in [7, 11) is 0. The normalized spacial score (nSPS) is 10.2. The van der Waals surface area contributed by atoms with Crippen LogP contribution in [0.4, 0.5) is 5.69 Å². The van der Waals surface area contributed by atoms with E-state index in [1.165, 1.54) is 11.3 Å². The highest BCUT2D eigenvalue weighted by Gasteiger charge is 2.08. The molecule has 0 spiro atoms. The van der Waals surface area contributed by atoms with Crippen LogP contribution in [-0.4, -0.2) is 16.8 Å². The summed E-state index contributed by atoms with van der Waals surface area (Å²) in [5.41, 5.74) is 2.80. The fraction of sp³-hybridized carbons (Fsp3) is 0.0556. The lowest BCUT2D eigenvalue weighted by Gasteiger charge is -2.07. The number of pyridine rings is 1. The zero-order chi connectivity index (χ0) is 16.8. The summed E-state index contributed by atoms with van der Waals surface area (Å²) in [6, 6.07) is 12.3. The van der Waals surface area contributed by atoms with Gasteiger partial charge < -0.3 is 10.6 Å². The van der Waals surface area contributed by atoms with E-state index >= 15 is 0 Å². The SMILES string of the molecule is O=C(NCc1ccncc1)c1ccc(NC(=O)c2ccsc2)cc1. The molecule has 0 saturated heterocycles. The van der Waals surface area contributed by atoms with Crippen molar-refractivity contribution in [1.82, 2.24) is 10.3 Å². The van der Waals surface area contributed by atoms with Crippen molar-refractivity contribution in [3.05, 3.63) is 82.3 Å². The fourth-order valence-corrected chi connectivity index (χ4v) is 2.72. The molecular formula is C18H15N3O2S. The predicted octanol–water partition coefficient (Wildman–Crippen LogP) is 3.33. The highest BCUT2D eigenvalue weighted by atomic mass is 32.1. The summed E-state index contributed by atoms with van der Waals surface area (Å²) in [6.45, 7) is 0.442. The van der Waals surface area contributed by atoms with Crippen LogP contribution in [-0.2, 0) is 6.54 Å². The van der Waals surface area contributed by atoms with Gasteiger partial charge in [0.1, 0.15) is 0 Å². The molecule has 0 saturated carbocycles. The third-order valence-electron chi connectivity index (χ3n) is 3.39. The molecule has 2 amide bonds. The summed E-state index contributed by atoms with van der Waals surface area (Å²) in [6.07, 6.45) is 3.37. The average molecular weight is 337 g/mol. The first-order valence-corrected chi connectivity index (χ1v) is 8.27. The van der Waals surface area contributed by atoms with Crippen molar-refractivity contribution < 1.29 is 9.59 Å². The summed E-state index contributed by atoms with van der Waals surface area (Å²) >= 11 is 1.47. The minimum absolute atomic E-state index is 0.161. The van der Waals surface area contributed by atoms with Crippen LogP contribution in [0, 0.1) is 0 Å². The number of benzene rings is 1. The topological polar surface area (TPSA) is 71.1 Å². The lowest BCUT2D eigenvalue weighted by atomic mass is 10.2. The number of aromatic nitrogens is 1. The number of amides is 2.